The quantitative estimate of drug-likeness (QED) is 0.922. The minimum absolute atomic E-state index is 0.0634. The van der Waals surface area contributed by atoms with Crippen LogP contribution >= 0.6 is 0 Å². The van der Waals surface area contributed by atoms with E-state index in [1.807, 2.05) is 20.8 Å². The van der Waals surface area contributed by atoms with Gasteiger partial charge in [0.25, 0.3) is 5.91 Å². The molecule has 0 bridgehead atoms. The van der Waals surface area contributed by atoms with E-state index in [0.29, 0.717) is 5.56 Å². The number of amides is 2. The Morgan fingerprint density at radius 3 is 2.45 bits per heavy atom. The lowest BCUT2D eigenvalue weighted by atomic mass is 10.1. The molecule has 1 rings (SSSR count). The van der Waals surface area contributed by atoms with Gasteiger partial charge in [-0.05, 0) is 45.4 Å². The summed E-state index contributed by atoms with van der Waals surface area (Å²) in [7, 11) is 1.52. The topological polar surface area (TPSA) is 49.4 Å². The predicted molar refractivity (Wildman–Crippen MR) is 76.0 cm³/mol. The van der Waals surface area contributed by atoms with Crippen molar-refractivity contribution in [2.24, 2.45) is 0 Å². The SMILES string of the molecule is Cc1ccc(F)cc1C(=O)N(C)CC(=O)NC(C)(C)C. The molecular weight excluding hydrogens is 259 g/mol. The van der Waals surface area contributed by atoms with Crippen molar-refractivity contribution in [3.63, 3.8) is 0 Å². The minimum atomic E-state index is -0.466. The van der Waals surface area contributed by atoms with Gasteiger partial charge in [0, 0.05) is 18.2 Å². The third-order valence-electron chi connectivity index (χ3n) is 2.67. The number of carbonyl (C=O) groups excluding carboxylic acids is 2. The molecule has 0 atom stereocenters. The summed E-state index contributed by atoms with van der Waals surface area (Å²) < 4.78 is 13.2. The van der Waals surface area contributed by atoms with Gasteiger partial charge in [-0.25, -0.2) is 4.39 Å². The van der Waals surface area contributed by atoms with Crippen LogP contribution in [0.2, 0.25) is 0 Å². The Labute approximate surface area is 119 Å². The normalized spacial score (nSPS) is 11.1. The second kappa shape index (κ2) is 6.03. The van der Waals surface area contributed by atoms with Gasteiger partial charge in [-0.1, -0.05) is 6.07 Å². The highest BCUT2D eigenvalue weighted by molar-refractivity contribution is 5.97. The standard InChI is InChI=1S/C15H21FN2O2/c1-10-6-7-11(16)8-12(10)14(20)18(5)9-13(19)17-15(2,3)4/h6-8H,9H2,1-5H3,(H,17,19). The molecule has 0 aliphatic carbocycles. The third kappa shape index (κ3) is 4.64. The highest BCUT2D eigenvalue weighted by Gasteiger charge is 2.20. The summed E-state index contributed by atoms with van der Waals surface area (Å²) in [4.78, 5) is 25.3. The number of halogens is 1. The minimum Gasteiger partial charge on any atom is -0.350 e. The summed E-state index contributed by atoms with van der Waals surface area (Å²) in [6.07, 6.45) is 0. The summed E-state index contributed by atoms with van der Waals surface area (Å²) in [5, 5.41) is 2.78. The largest absolute Gasteiger partial charge is 0.350 e. The molecule has 20 heavy (non-hydrogen) atoms. The Bertz CT molecular complexity index is 521. The summed E-state index contributed by atoms with van der Waals surface area (Å²) >= 11 is 0. The first kappa shape index (κ1) is 16.1. The number of rotatable bonds is 3. The molecule has 0 saturated heterocycles. The lowest BCUT2D eigenvalue weighted by molar-refractivity contribution is -0.122. The summed E-state index contributed by atoms with van der Waals surface area (Å²) in [6, 6.07) is 4.04. The number of hydrogen-bond acceptors (Lipinski definition) is 2. The maximum atomic E-state index is 13.2. The van der Waals surface area contributed by atoms with Crippen LogP contribution in [0.25, 0.3) is 0 Å². The van der Waals surface area contributed by atoms with Crippen LogP contribution in [0.15, 0.2) is 18.2 Å². The van der Waals surface area contributed by atoms with E-state index in [-0.39, 0.29) is 29.5 Å². The van der Waals surface area contributed by atoms with Gasteiger partial charge >= 0.3 is 0 Å². The number of benzene rings is 1. The fourth-order valence-electron chi connectivity index (χ4n) is 1.78. The fraction of sp³-hybridized carbons (Fsp3) is 0.467. The van der Waals surface area contributed by atoms with Crippen molar-refractivity contribution in [2.45, 2.75) is 33.2 Å². The first-order valence-electron chi connectivity index (χ1n) is 6.43. The molecule has 5 heteroatoms. The van der Waals surface area contributed by atoms with Crippen LogP contribution < -0.4 is 5.32 Å². The molecule has 0 heterocycles. The Hall–Kier alpha value is -1.91. The van der Waals surface area contributed by atoms with Gasteiger partial charge in [0.05, 0.1) is 6.54 Å². The predicted octanol–water partition coefficient (Wildman–Crippen LogP) is 2.12. The molecule has 110 valence electrons. The third-order valence-corrected chi connectivity index (χ3v) is 2.67. The van der Waals surface area contributed by atoms with E-state index in [1.54, 1.807) is 13.0 Å². The van der Waals surface area contributed by atoms with Crippen LogP contribution in [0.3, 0.4) is 0 Å². The van der Waals surface area contributed by atoms with Crippen molar-refractivity contribution >= 4 is 11.8 Å². The van der Waals surface area contributed by atoms with Gasteiger partial charge in [-0.2, -0.15) is 0 Å². The van der Waals surface area contributed by atoms with E-state index in [9.17, 15) is 14.0 Å². The Morgan fingerprint density at radius 1 is 1.30 bits per heavy atom. The van der Waals surface area contributed by atoms with E-state index in [1.165, 1.54) is 24.1 Å². The van der Waals surface area contributed by atoms with E-state index in [0.717, 1.165) is 0 Å². The average Bonchev–Trinajstić information content (AvgIpc) is 2.28. The zero-order chi connectivity index (χ0) is 15.5. The van der Waals surface area contributed by atoms with Crippen molar-refractivity contribution < 1.29 is 14.0 Å². The summed E-state index contributed by atoms with van der Waals surface area (Å²) in [5.41, 5.74) is 0.603. The molecule has 0 unspecified atom stereocenters. The zero-order valence-electron chi connectivity index (χ0n) is 12.6. The number of nitrogens with one attached hydrogen (secondary N) is 1. The molecule has 0 fully saturated rings. The van der Waals surface area contributed by atoms with Crippen molar-refractivity contribution in [3.8, 4) is 0 Å². The van der Waals surface area contributed by atoms with E-state index < -0.39 is 5.82 Å². The molecule has 0 aliphatic heterocycles. The van der Waals surface area contributed by atoms with Gasteiger partial charge in [-0.15, -0.1) is 0 Å². The van der Waals surface area contributed by atoms with Gasteiger partial charge in [-0.3, -0.25) is 9.59 Å². The molecule has 0 saturated carbocycles. The lowest BCUT2D eigenvalue weighted by Crippen LogP contribution is -2.46. The lowest BCUT2D eigenvalue weighted by Gasteiger charge is -2.23. The molecule has 1 aromatic carbocycles. The van der Waals surface area contributed by atoms with Crippen LogP contribution in [-0.4, -0.2) is 35.8 Å². The molecule has 2 amide bonds. The summed E-state index contributed by atoms with van der Waals surface area (Å²) in [5.74, 6) is -1.08. The molecule has 0 aromatic heterocycles. The van der Waals surface area contributed by atoms with Gasteiger partial charge < -0.3 is 10.2 Å². The van der Waals surface area contributed by atoms with E-state index >= 15 is 0 Å². The fourth-order valence-corrected chi connectivity index (χ4v) is 1.78. The molecule has 0 aliphatic rings. The molecular formula is C15H21FN2O2. The van der Waals surface area contributed by atoms with Gasteiger partial charge in [0.1, 0.15) is 5.82 Å². The molecule has 4 nitrogen and oxygen atoms in total. The maximum absolute atomic E-state index is 13.2. The monoisotopic (exact) mass is 280 g/mol. The maximum Gasteiger partial charge on any atom is 0.254 e. The van der Waals surface area contributed by atoms with Crippen molar-refractivity contribution in [2.75, 3.05) is 13.6 Å². The summed E-state index contributed by atoms with van der Waals surface area (Å²) in [6.45, 7) is 7.26. The van der Waals surface area contributed by atoms with Crippen molar-refractivity contribution in [3.05, 3.63) is 35.1 Å². The number of hydrogen-bond donors (Lipinski definition) is 1. The zero-order valence-corrected chi connectivity index (χ0v) is 12.6. The Kier molecular flexibility index (Phi) is 4.87. The average molecular weight is 280 g/mol. The molecule has 1 aromatic rings. The number of carbonyl (C=O) groups is 2. The van der Waals surface area contributed by atoms with Crippen LogP contribution in [0, 0.1) is 12.7 Å². The molecule has 0 spiro atoms. The first-order chi connectivity index (χ1) is 9.10. The van der Waals surface area contributed by atoms with Crippen LogP contribution in [-0.2, 0) is 4.79 Å². The highest BCUT2D eigenvalue weighted by Crippen LogP contribution is 2.12. The number of aryl methyl sites for hydroxylation is 1. The van der Waals surface area contributed by atoms with Crippen LogP contribution in [0.4, 0.5) is 4.39 Å². The van der Waals surface area contributed by atoms with Gasteiger partial charge in [0.2, 0.25) is 5.91 Å². The van der Waals surface area contributed by atoms with E-state index in [2.05, 4.69) is 5.32 Å². The molecule has 1 N–H and O–H groups in total. The van der Waals surface area contributed by atoms with Crippen LogP contribution in [0.5, 0.6) is 0 Å². The second-order valence-corrected chi connectivity index (χ2v) is 5.92. The Morgan fingerprint density at radius 2 is 1.90 bits per heavy atom. The van der Waals surface area contributed by atoms with Crippen molar-refractivity contribution in [1.29, 1.82) is 0 Å². The highest BCUT2D eigenvalue weighted by atomic mass is 19.1. The smallest absolute Gasteiger partial charge is 0.254 e. The number of nitrogens with zero attached hydrogens (tertiary/aromatic N) is 1. The van der Waals surface area contributed by atoms with Crippen LogP contribution in [0.1, 0.15) is 36.7 Å². The Balaban J connectivity index is 2.77. The van der Waals surface area contributed by atoms with E-state index in [4.69, 9.17) is 0 Å². The molecule has 0 radical (unpaired) electrons. The van der Waals surface area contributed by atoms with Gasteiger partial charge in [0.15, 0.2) is 0 Å². The van der Waals surface area contributed by atoms with Crippen molar-refractivity contribution in [1.82, 2.24) is 10.2 Å². The number of likely N-dealkylation sites (N-methyl/N-ethyl adjacent to an activating group) is 1. The first-order valence-corrected chi connectivity index (χ1v) is 6.43. The second-order valence-electron chi connectivity index (χ2n) is 5.92.